The van der Waals surface area contributed by atoms with E-state index in [1.807, 2.05) is 0 Å². The number of aromatic amines is 1. The second-order valence-electron chi connectivity index (χ2n) is 6.01. The molecule has 142 valence electrons. The average Bonchev–Trinajstić information content (AvgIpc) is 2.67. The maximum absolute atomic E-state index is 13.4. The van der Waals surface area contributed by atoms with Crippen LogP contribution in [-0.2, 0) is 6.54 Å². The summed E-state index contributed by atoms with van der Waals surface area (Å²) in [5, 5.41) is 3.51. The van der Waals surface area contributed by atoms with Gasteiger partial charge in [0.05, 0.1) is 31.7 Å². The second kappa shape index (κ2) is 7.71. The van der Waals surface area contributed by atoms with Gasteiger partial charge in [0.1, 0.15) is 5.82 Å². The summed E-state index contributed by atoms with van der Waals surface area (Å²) in [4.78, 5) is 19.5. The van der Waals surface area contributed by atoms with Crippen molar-refractivity contribution < 1.29 is 18.3 Å². The molecule has 0 amide bonds. The van der Waals surface area contributed by atoms with Crippen molar-refractivity contribution in [3.63, 3.8) is 0 Å². The molecule has 3 aromatic rings. The number of aromatic nitrogens is 2. The van der Waals surface area contributed by atoms with Crippen molar-refractivity contribution in [1.82, 2.24) is 15.3 Å². The smallest absolute Gasteiger partial charge is 0.258 e. The van der Waals surface area contributed by atoms with Crippen LogP contribution < -0.4 is 20.3 Å². The molecule has 0 aliphatic carbocycles. The van der Waals surface area contributed by atoms with Crippen molar-refractivity contribution in [2.24, 2.45) is 0 Å². The molecule has 1 aromatic heterocycles. The number of hydrogen-bond acceptors (Lipinski definition) is 5. The van der Waals surface area contributed by atoms with Crippen LogP contribution in [0, 0.1) is 11.6 Å². The lowest BCUT2D eigenvalue weighted by atomic mass is 10.1. The van der Waals surface area contributed by atoms with Gasteiger partial charge in [-0.1, -0.05) is 6.07 Å². The minimum absolute atomic E-state index is 0.236. The van der Waals surface area contributed by atoms with E-state index >= 15 is 0 Å². The van der Waals surface area contributed by atoms with E-state index in [0.717, 1.165) is 12.1 Å². The van der Waals surface area contributed by atoms with Gasteiger partial charge in [-0.15, -0.1) is 0 Å². The third kappa shape index (κ3) is 3.90. The number of nitrogens with one attached hydrogen (secondary N) is 2. The van der Waals surface area contributed by atoms with Gasteiger partial charge in [-0.3, -0.25) is 4.79 Å². The molecule has 3 rings (SSSR count). The summed E-state index contributed by atoms with van der Waals surface area (Å²) in [7, 11) is 2.99. The zero-order valence-corrected chi connectivity index (χ0v) is 15.1. The van der Waals surface area contributed by atoms with Gasteiger partial charge in [0.15, 0.2) is 23.1 Å². The Hall–Kier alpha value is -3.00. The summed E-state index contributed by atoms with van der Waals surface area (Å²) in [5.41, 5.74) is 0.746. The molecule has 0 fully saturated rings. The van der Waals surface area contributed by atoms with Gasteiger partial charge in [0.2, 0.25) is 0 Å². The van der Waals surface area contributed by atoms with E-state index in [4.69, 9.17) is 9.47 Å². The van der Waals surface area contributed by atoms with Gasteiger partial charge in [-0.05, 0) is 30.7 Å². The maximum atomic E-state index is 13.4. The van der Waals surface area contributed by atoms with Crippen LogP contribution >= 0.6 is 0 Å². The molecule has 0 aliphatic heterocycles. The lowest BCUT2D eigenvalue weighted by Gasteiger charge is -2.14. The fraction of sp³-hybridized carbons (Fsp3) is 0.263. The van der Waals surface area contributed by atoms with E-state index in [9.17, 15) is 13.6 Å². The largest absolute Gasteiger partial charge is 0.493 e. The molecule has 0 spiro atoms. The highest BCUT2D eigenvalue weighted by molar-refractivity contribution is 5.81. The van der Waals surface area contributed by atoms with E-state index in [1.54, 1.807) is 19.1 Å². The van der Waals surface area contributed by atoms with E-state index in [2.05, 4.69) is 15.3 Å². The molecule has 1 atom stereocenters. The highest BCUT2D eigenvalue weighted by Crippen LogP contribution is 2.29. The minimum Gasteiger partial charge on any atom is -0.493 e. The lowest BCUT2D eigenvalue weighted by molar-refractivity contribution is 0.355. The van der Waals surface area contributed by atoms with Crippen LogP contribution in [0.1, 0.15) is 24.4 Å². The van der Waals surface area contributed by atoms with Crippen LogP contribution in [0.2, 0.25) is 0 Å². The lowest BCUT2D eigenvalue weighted by Crippen LogP contribution is -2.22. The average molecular weight is 375 g/mol. The van der Waals surface area contributed by atoms with Crippen LogP contribution in [0.3, 0.4) is 0 Å². The Labute approximate surface area is 154 Å². The standard InChI is InChI=1S/C19H19F2N3O3/c1-10(11-4-5-13(20)14(21)6-11)22-9-18-23-15-8-17(27-3)16(26-2)7-12(15)19(25)24-18/h4-8,10,22H,9H2,1-3H3,(H,23,24,25)/t10-/m1/s1. The number of ether oxygens (including phenoxy) is 2. The van der Waals surface area contributed by atoms with Gasteiger partial charge in [-0.2, -0.15) is 0 Å². The molecular weight excluding hydrogens is 356 g/mol. The summed E-state index contributed by atoms with van der Waals surface area (Å²) in [6.45, 7) is 2.04. The summed E-state index contributed by atoms with van der Waals surface area (Å²) < 4.78 is 36.9. The van der Waals surface area contributed by atoms with Crippen LogP contribution in [0.4, 0.5) is 8.78 Å². The fourth-order valence-corrected chi connectivity index (χ4v) is 2.75. The van der Waals surface area contributed by atoms with Crippen molar-refractivity contribution in [2.75, 3.05) is 14.2 Å². The zero-order chi connectivity index (χ0) is 19.6. The van der Waals surface area contributed by atoms with Crippen molar-refractivity contribution in [2.45, 2.75) is 19.5 Å². The molecule has 0 unspecified atom stereocenters. The third-order valence-electron chi connectivity index (χ3n) is 4.28. The number of nitrogens with zero attached hydrogens (tertiary/aromatic N) is 1. The summed E-state index contributed by atoms with van der Waals surface area (Å²) in [6.07, 6.45) is 0. The van der Waals surface area contributed by atoms with E-state index in [0.29, 0.717) is 33.8 Å². The van der Waals surface area contributed by atoms with Crippen molar-refractivity contribution in [1.29, 1.82) is 0 Å². The van der Waals surface area contributed by atoms with Gasteiger partial charge < -0.3 is 19.8 Å². The first kappa shape index (κ1) is 18.8. The molecule has 27 heavy (non-hydrogen) atoms. The molecule has 1 heterocycles. The van der Waals surface area contributed by atoms with E-state index in [-0.39, 0.29) is 18.1 Å². The first-order valence-electron chi connectivity index (χ1n) is 8.26. The van der Waals surface area contributed by atoms with Gasteiger partial charge in [0, 0.05) is 12.1 Å². The highest BCUT2D eigenvalue weighted by atomic mass is 19.2. The molecule has 2 aromatic carbocycles. The Balaban J connectivity index is 1.84. The van der Waals surface area contributed by atoms with Crippen LogP contribution in [-0.4, -0.2) is 24.2 Å². The van der Waals surface area contributed by atoms with E-state index < -0.39 is 11.6 Å². The topological polar surface area (TPSA) is 76.2 Å². The Morgan fingerprint density at radius 3 is 2.48 bits per heavy atom. The first-order valence-corrected chi connectivity index (χ1v) is 8.26. The number of rotatable bonds is 6. The predicted octanol–water partition coefficient (Wildman–Crippen LogP) is 3.07. The van der Waals surface area contributed by atoms with Gasteiger partial charge >= 0.3 is 0 Å². The van der Waals surface area contributed by atoms with Crippen LogP contribution in [0.5, 0.6) is 11.5 Å². The van der Waals surface area contributed by atoms with Crippen LogP contribution in [0.25, 0.3) is 10.9 Å². The summed E-state index contributed by atoms with van der Waals surface area (Å²) >= 11 is 0. The molecular formula is C19H19F2N3O3. The van der Waals surface area contributed by atoms with Gasteiger partial charge in [0.25, 0.3) is 5.56 Å². The Bertz CT molecular complexity index is 1040. The number of benzene rings is 2. The maximum Gasteiger partial charge on any atom is 0.258 e. The second-order valence-corrected chi connectivity index (χ2v) is 6.01. The first-order chi connectivity index (χ1) is 12.9. The molecule has 0 bridgehead atoms. The van der Waals surface area contributed by atoms with Crippen molar-refractivity contribution >= 4 is 10.9 Å². The number of halogens is 2. The zero-order valence-electron chi connectivity index (χ0n) is 15.1. The SMILES string of the molecule is COc1cc2nc(CN[C@H](C)c3ccc(F)c(F)c3)[nH]c(=O)c2cc1OC. The number of fused-ring (bicyclic) bond motifs is 1. The monoisotopic (exact) mass is 375 g/mol. The molecule has 0 saturated heterocycles. The molecule has 0 aliphatic rings. The Morgan fingerprint density at radius 1 is 1.11 bits per heavy atom. The normalized spacial score (nSPS) is 12.2. The van der Waals surface area contributed by atoms with Crippen molar-refractivity contribution in [3.05, 3.63) is 63.7 Å². The number of H-pyrrole nitrogens is 1. The molecule has 8 heteroatoms. The molecule has 0 radical (unpaired) electrons. The number of hydrogen-bond donors (Lipinski definition) is 2. The fourth-order valence-electron chi connectivity index (χ4n) is 2.75. The summed E-state index contributed by atoms with van der Waals surface area (Å²) in [6, 6.07) is 6.65. The Kier molecular flexibility index (Phi) is 5.36. The molecule has 2 N–H and O–H groups in total. The predicted molar refractivity (Wildman–Crippen MR) is 97.1 cm³/mol. The third-order valence-corrected chi connectivity index (χ3v) is 4.28. The number of methoxy groups -OCH3 is 2. The minimum atomic E-state index is -0.903. The Morgan fingerprint density at radius 2 is 1.81 bits per heavy atom. The van der Waals surface area contributed by atoms with Crippen LogP contribution in [0.15, 0.2) is 35.1 Å². The quantitative estimate of drug-likeness (QED) is 0.693. The van der Waals surface area contributed by atoms with Gasteiger partial charge in [-0.25, -0.2) is 13.8 Å². The van der Waals surface area contributed by atoms with Crippen molar-refractivity contribution in [3.8, 4) is 11.5 Å². The summed E-state index contributed by atoms with van der Waals surface area (Å²) in [5.74, 6) is -0.475. The highest BCUT2D eigenvalue weighted by Gasteiger charge is 2.13. The molecule has 6 nitrogen and oxygen atoms in total. The molecule has 0 saturated carbocycles. The van der Waals surface area contributed by atoms with E-state index in [1.165, 1.54) is 20.3 Å².